The molecular weight excluding hydrogens is 1700 g/mol. The Morgan fingerprint density at radius 1 is 0.260 bits per heavy atom. The minimum atomic E-state index is -2.83. The van der Waals surface area contributed by atoms with Crippen molar-refractivity contribution in [1.82, 2.24) is 0 Å². The monoisotopic (exact) mass is 1810 g/mol. The second-order valence-electron chi connectivity index (χ2n) is 31.0. The van der Waals surface area contributed by atoms with Gasteiger partial charge in [0.1, 0.15) is 232 Å². The standard InChI is InChI=1S/C66H102O57/c1-65(63(97)98)101-9-17-38(122-65)27(81)30(84)54(109-17)115-44-29(83)32(86)56(120-49(44)51(92)93)111-41-22(76)14(6-70)105-58(34(41)88)118-47-26(80)20(74)12(4-68)108-62(47)114-43-24(78)16(8-72)104-57(36(43)90)116-45-37(91)60(121-50(52(94)95)48(45)119-55-31(85)28(82)39-18(110-55)10-102-66(2,123-39)64(99)100)112-42-23(77)15(7-71)106-59(35(42)89)117-46-25(79)19(73)11(3-67)107-61(46)113-40-21(75)13(5-69)103-53(96)33(40)87/h11-50,53-62,67-91,96H,3-10H2,1-2H3,(H,92,93)(H,94,95)(H,97,98)(H,99,100). The molecule has 708 valence electrons. The number of carbonyl (C=O) groups is 4. The Morgan fingerprint density at radius 2 is 0.512 bits per heavy atom. The summed E-state index contributed by atoms with van der Waals surface area (Å²) >= 11 is 0. The zero-order valence-electron chi connectivity index (χ0n) is 64.0. The Balaban J connectivity index is 0.807. The lowest BCUT2D eigenvalue weighted by atomic mass is 9.94. The highest BCUT2D eigenvalue weighted by Crippen LogP contribution is 2.44. The maximum Gasteiger partial charge on any atom is 0.364 e. The van der Waals surface area contributed by atoms with Gasteiger partial charge in [-0.1, -0.05) is 0 Å². The van der Waals surface area contributed by atoms with Crippen LogP contribution >= 0.6 is 0 Å². The second-order valence-corrected chi connectivity index (χ2v) is 31.0. The fraction of sp³-hybridized carbons (Fsp3) is 0.939. The smallest absolute Gasteiger partial charge is 0.364 e. The third-order valence-electron chi connectivity index (χ3n) is 23.0. The number of hydrogen-bond donors (Lipinski definition) is 30. The van der Waals surface area contributed by atoms with E-state index in [4.69, 9.17) is 109 Å². The average molecular weight is 1810 g/mol. The predicted molar refractivity (Wildman–Crippen MR) is 358 cm³/mol. The molecule has 123 heavy (non-hydrogen) atoms. The maximum absolute atomic E-state index is 13.7. The highest BCUT2D eigenvalue weighted by Gasteiger charge is 2.65. The molecule has 0 bridgehead atoms. The molecule has 0 aromatic heterocycles. The van der Waals surface area contributed by atoms with Gasteiger partial charge in [0.05, 0.1) is 52.9 Å². The van der Waals surface area contributed by atoms with Gasteiger partial charge in [0.25, 0.3) is 11.6 Å². The van der Waals surface area contributed by atoms with Gasteiger partial charge in [-0.3, -0.25) is 0 Å². The summed E-state index contributed by atoms with van der Waals surface area (Å²) in [7, 11) is 0. The van der Waals surface area contributed by atoms with E-state index in [-0.39, 0.29) is 0 Å². The van der Waals surface area contributed by atoms with Crippen LogP contribution in [0.4, 0.5) is 0 Å². The summed E-state index contributed by atoms with van der Waals surface area (Å²) in [5, 5.41) is 334. The number of aliphatic hydroxyl groups is 26. The van der Waals surface area contributed by atoms with Crippen LogP contribution in [0.25, 0.3) is 0 Å². The van der Waals surface area contributed by atoms with E-state index >= 15 is 0 Å². The van der Waals surface area contributed by atoms with Gasteiger partial charge in [0.15, 0.2) is 75.1 Å². The predicted octanol–water partition coefficient (Wildman–Crippen LogP) is -20.9. The van der Waals surface area contributed by atoms with Crippen molar-refractivity contribution in [2.24, 2.45) is 0 Å². The lowest BCUT2D eigenvalue weighted by molar-refractivity contribution is -0.417. The van der Waals surface area contributed by atoms with Crippen molar-refractivity contribution in [1.29, 1.82) is 0 Å². The van der Waals surface area contributed by atoms with Crippen molar-refractivity contribution < 1.29 is 281 Å². The summed E-state index contributed by atoms with van der Waals surface area (Å²) in [5.74, 6) is -12.4. The highest BCUT2D eigenvalue weighted by molar-refractivity contribution is 5.76. The fourth-order valence-electron chi connectivity index (χ4n) is 15.9. The van der Waals surface area contributed by atoms with Gasteiger partial charge >= 0.3 is 23.9 Å². The molecule has 0 aromatic carbocycles. The Hall–Kier alpha value is -4.08. The van der Waals surface area contributed by atoms with Crippen molar-refractivity contribution in [2.45, 2.75) is 332 Å². The van der Waals surface area contributed by atoms with E-state index in [9.17, 15) is 172 Å². The van der Waals surface area contributed by atoms with E-state index < -0.39 is 395 Å². The SMILES string of the molecule is CC1(C(=O)O)OCC2OC(OC3C(C(=O)O)OC(OC4C(O)C(CO)OC(OC5C(OC6C(O)C(CO)OC(OC7C(O)C(OC8C(O)C(CO)OC(OC9C(OC%10C(O)C(O)OC(CO)C%10O)OC(CO)C(O)C9O)C8O)OC(C(=O)O)C7OC7OC8COC(C)(C(=O)O)OC8C(O)C7O)C6O)OC(CO)C(O)C5O)C4O)C(O)C3O)C(O)C(O)C2O1. The van der Waals surface area contributed by atoms with Crippen LogP contribution in [0.3, 0.4) is 0 Å². The van der Waals surface area contributed by atoms with E-state index in [1.54, 1.807) is 0 Å². The molecule has 0 saturated carbocycles. The molecule has 12 heterocycles. The lowest BCUT2D eigenvalue weighted by Gasteiger charge is -2.52. The van der Waals surface area contributed by atoms with E-state index in [0.717, 1.165) is 13.8 Å². The number of hydrogen-bond acceptors (Lipinski definition) is 53. The van der Waals surface area contributed by atoms with Crippen molar-refractivity contribution in [2.75, 3.05) is 52.9 Å². The van der Waals surface area contributed by atoms with E-state index in [1.807, 2.05) is 0 Å². The summed E-state index contributed by atoms with van der Waals surface area (Å²) in [6.45, 7) is -6.80. The quantitative estimate of drug-likeness (QED) is 0.0346. The third-order valence-corrected chi connectivity index (χ3v) is 23.0. The average Bonchev–Trinajstić information content (AvgIpc) is 0.741. The molecule has 52 atom stereocenters. The van der Waals surface area contributed by atoms with Gasteiger partial charge < -0.3 is 262 Å². The zero-order chi connectivity index (χ0) is 90.1. The number of rotatable bonds is 28. The molecule has 0 aliphatic carbocycles. The molecule has 0 amide bonds. The van der Waals surface area contributed by atoms with E-state index in [1.165, 1.54) is 0 Å². The van der Waals surface area contributed by atoms with Crippen LogP contribution in [-0.2, 0) is 128 Å². The second kappa shape index (κ2) is 39.9. The summed E-state index contributed by atoms with van der Waals surface area (Å²) in [4.78, 5) is 50.6. The van der Waals surface area contributed by atoms with Gasteiger partial charge in [0, 0.05) is 13.8 Å². The van der Waals surface area contributed by atoms with Gasteiger partial charge in [0.2, 0.25) is 0 Å². The minimum absolute atomic E-state index is 0.634. The van der Waals surface area contributed by atoms with Crippen LogP contribution in [0.2, 0.25) is 0 Å². The van der Waals surface area contributed by atoms with Crippen molar-refractivity contribution in [3.63, 3.8) is 0 Å². The zero-order valence-corrected chi connectivity index (χ0v) is 64.0. The Kier molecular flexibility index (Phi) is 31.8. The molecule has 12 aliphatic rings. The molecule has 30 N–H and O–H groups in total. The molecule has 12 rings (SSSR count). The summed E-state index contributed by atoms with van der Waals surface area (Å²) in [5.41, 5.74) is 0. The summed E-state index contributed by atoms with van der Waals surface area (Å²) < 4.78 is 130. The molecule has 0 spiro atoms. The largest absolute Gasteiger partial charge is 0.479 e. The Labute approximate surface area is 688 Å². The molecule has 0 radical (unpaired) electrons. The fourth-order valence-corrected chi connectivity index (χ4v) is 15.9. The van der Waals surface area contributed by atoms with Gasteiger partial charge in [-0.25, -0.2) is 19.2 Å². The first-order valence-corrected chi connectivity index (χ1v) is 38.3. The summed E-state index contributed by atoms with van der Waals surface area (Å²) in [6, 6.07) is 0. The number of carboxylic acids is 4. The van der Waals surface area contributed by atoms with Gasteiger partial charge in [-0.15, -0.1) is 0 Å². The highest BCUT2D eigenvalue weighted by atomic mass is 16.8. The first kappa shape index (κ1) is 98.0. The first-order chi connectivity index (χ1) is 58.0. The van der Waals surface area contributed by atoms with Crippen LogP contribution in [0.15, 0.2) is 0 Å². The Morgan fingerprint density at radius 3 is 0.870 bits per heavy atom. The number of aliphatic hydroxyl groups excluding tert-OH is 26. The molecular formula is C66H102O57. The Bertz CT molecular complexity index is 3470. The van der Waals surface area contributed by atoms with E-state index in [0.29, 0.717) is 0 Å². The van der Waals surface area contributed by atoms with Crippen LogP contribution < -0.4 is 0 Å². The molecule has 0 aromatic rings. The molecule has 52 unspecified atom stereocenters. The number of fused-ring (bicyclic) bond motifs is 2. The summed E-state index contributed by atoms with van der Waals surface area (Å²) in [6.07, 6.45) is -115. The molecule has 12 fully saturated rings. The number of ether oxygens (including phenoxy) is 23. The maximum atomic E-state index is 13.7. The first-order valence-electron chi connectivity index (χ1n) is 38.3. The number of aliphatic carboxylic acids is 4. The third kappa shape index (κ3) is 19.4. The van der Waals surface area contributed by atoms with Gasteiger partial charge in [-0.05, 0) is 0 Å². The molecule has 12 aliphatic heterocycles. The lowest BCUT2D eigenvalue weighted by Crippen LogP contribution is -2.70. The normalized spacial score (nSPS) is 53.0. The van der Waals surface area contributed by atoms with Crippen LogP contribution in [0, 0.1) is 0 Å². The van der Waals surface area contributed by atoms with Crippen LogP contribution in [0.1, 0.15) is 13.8 Å². The van der Waals surface area contributed by atoms with Crippen molar-refractivity contribution >= 4 is 23.9 Å². The number of carboxylic acid groups (broad SMARTS) is 4. The van der Waals surface area contributed by atoms with Gasteiger partial charge in [-0.2, -0.15) is 0 Å². The molecule has 57 heteroatoms. The topological polar surface area (TPSA) is 887 Å². The van der Waals surface area contributed by atoms with E-state index in [2.05, 4.69) is 0 Å². The van der Waals surface area contributed by atoms with Crippen molar-refractivity contribution in [3.8, 4) is 0 Å². The van der Waals surface area contributed by atoms with Crippen molar-refractivity contribution in [3.05, 3.63) is 0 Å². The van der Waals surface area contributed by atoms with Crippen LogP contribution in [0.5, 0.6) is 0 Å². The molecule has 12 saturated heterocycles. The van der Waals surface area contributed by atoms with Crippen LogP contribution in [-0.4, -0.2) is 549 Å². The molecule has 57 nitrogen and oxygen atoms in total. The minimum Gasteiger partial charge on any atom is -0.479 e.